The average molecular weight is 413 g/mol. The van der Waals surface area contributed by atoms with E-state index < -0.39 is 17.2 Å². The van der Waals surface area contributed by atoms with E-state index in [1.54, 1.807) is 21.3 Å². The Morgan fingerprint density at radius 1 is 1.13 bits per heavy atom. The van der Waals surface area contributed by atoms with Crippen LogP contribution in [-0.4, -0.2) is 39.8 Å². The minimum absolute atomic E-state index is 0.204. The second-order valence-corrected chi connectivity index (χ2v) is 7.90. The third-order valence-electron chi connectivity index (χ3n) is 6.99. The minimum Gasteiger partial charge on any atom is -0.493 e. The van der Waals surface area contributed by atoms with Gasteiger partial charge in [-0.05, 0) is 47.7 Å². The molecular formula is C23H27NO6. The number of rotatable bonds is 4. The molecule has 3 aliphatic rings. The molecular weight excluding hydrogens is 386 g/mol. The van der Waals surface area contributed by atoms with Gasteiger partial charge in [0.05, 0.1) is 14.2 Å². The highest BCUT2D eigenvalue weighted by atomic mass is 16.7. The van der Waals surface area contributed by atoms with Crippen LogP contribution in [0.25, 0.3) is 0 Å². The Bertz CT molecular complexity index is 1000. The summed E-state index contributed by atoms with van der Waals surface area (Å²) < 4.78 is 29.0. The summed E-state index contributed by atoms with van der Waals surface area (Å²) >= 11 is 0. The van der Waals surface area contributed by atoms with Crippen molar-refractivity contribution in [3.05, 3.63) is 46.5 Å². The van der Waals surface area contributed by atoms with Crippen molar-refractivity contribution in [2.45, 2.75) is 37.0 Å². The molecule has 3 atom stereocenters. The molecule has 7 heteroatoms. The standard InChI is InChI=1S/C23H27NO6/c1-5-22(28-4)19-14(6-7-16(26-2)20(19)27-3)21(25)23(22)15-11-18-17(29-12-30-18)10-13(15)8-9-24-23/h6-7,10-11,21,24-25H,5,8-9,12H2,1-4H3/t21-,22+,23-/m0/s1. The fraction of sp³-hybridized carbons (Fsp3) is 0.478. The summed E-state index contributed by atoms with van der Waals surface area (Å²) in [5, 5.41) is 15.5. The lowest BCUT2D eigenvalue weighted by atomic mass is 9.68. The molecule has 2 aromatic rings. The van der Waals surface area contributed by atoms with Crippen LogP contribution in [0, 0.1) is 0 Å². The number of hydrogen-bond donors (Lipinski definition) is 2. The number of benzene rings is 2. The molecule has 5 rings (SSSR count). The molecule has 30 heavy (non-hydrogen) atoms. The molecule has 0 amide bonds. The molecule has 0 saturated heterocycles. The lowest BCUT2D eigenvalue weighted by Gasteiger charge is -2.50. The van der Waals surface area contributed by atoms with Crippen LogP contribution >= 0.6 is 0 Å². The summed E-state index contributed by atoms with van der Waals surface area (Å²) in [6.07, 6.45) is 0.574. The Morgan fingerprint density at radius 3 is 2.57 bits per heavy atom. The number of aliphatic hydroxyl groups excluding tert-OH is 1. The van der Waals surface area contributed by atoms with Crippen LogP contribution in [0.5, 0.6) is 23.0 Å². The van der Waals surface area contributed by atoms with E-state index in [0.717, 1.165) is 34.4 Å². The first kappa shape index (κ1) is 19.5. The van der Waals surface area contributed by atoms with Crippen molar-refractivity contribution in [3.8, 4) is 23.0 Å². The van der Waals surface area contributed by atoms with Gasteiger partial charge in [-0.1, -0.05) is 13.0 Å². The van der Waals surface area contributed by atoms with Crippen molar-refractivity contribution in [1.29, 1.82) is 0 Å². The Morgan fingerprint density at radius 2 is 1.90 bits per heavy atom. The Hall–Kier alpha value is -2.48. The van der Waals surface area contributed by atoms with E-state index >= 15 is 0 Å². The van der Waals surface area contributed by atoms with Gasteiger partial charge in [-0.15, -0.1) is 0 Å². The van der Waals surface area contributed by atoms with E-state index in [4.69, 9.17) is 23.7 Å². The molecule has 0 radical (unpaired) electrons. The predicted molar refractivity (Wildman–Crippen MR) is 109 cm³/mol. The van der Waals surface area contributed by atoms with Crippen LogP contribution in [0.2, 0.25) is 0 Å². The minimum atomic E-state index is -0.910. The SMILES string of the molecule is CC[C@@]1(OC)c2c(ccc(OC)c2OC)[C@H](O)[C@]12NCCc1cc3c(cc12)OCO3. The van der Waals surface area contributed by atoms with Gasteiger partial charge in [0.1, 0.15) is 17.2 Å². The number of ether oxygens (including phenoxy) is 5. The van der Waals surface area contributed by atoms with E-state index in [9.17, 15) is 5.11 Å². The quantitative estimate of drug-likeness (QED) is 0.798. The van der Waals surface area contributed by atoms with Gasteiger partial charge in [-0.3, -0.25) is 0 Å². The highest BCUT2D eigenvalue weighted by molar-refractivity contribution is 5.64. The second kappa shape index (κ2) is 6.77. The van der Waals surface area contributed by atoms with E-state index in [0.29, 0.717) is 30.2 Å². The van der Waals surface area contributed by atoms with Gasteiger partial charge in [-0.2, -0.15) is 0 Å². The van der Waals surface area contributed by atoms with Gasteiger partial charge in [0.15, 0.2) is 23.0 Å². The lowest BCUT2D eigenvalue weighted by Crippen LogP contribution is -2.61. The Balaban J connectivity index is 1.84. The van der Waals surface area contributed by atoms with Crippen LogP contribution in [0.4, 0.5) is 0 Å². The molecule has 7 nitrogen and oxygen atoms in total. The molecule has 0 saturated carbocycles. The number of hydrogen-bond acceptors (Lipinski definition) is 7. The smallest absolute Gasteiger partial charge is 0.231 e. The summed E-state index contributed by atoms with van der Waals surface area (Å²) in [5.41, 5.74) is 1.88. The van der Waals surface area contributed by atoms with Crippen LogP contribution in [0.1, 0.15) is 41.7 Å². The molecule has 2 N–H and O–H groups in total. The number of fused-ring (bicyclic) bond motifs is 4. The number of aliphatic hydroxyl groups is 1. The molecule has 160 valence electrons. The zero-order chi connectivity index (χ0) is 21.1. The fourth-order valence-corrected chi connectivity index (χ4v) is 5.75. The maximum Gasteiger partial charge on any atom is 0.231 e. The van der Waals surface area contributed by atoms with Crippen LogP contribution in [0.3, 0.4) is 0 Å². The maximum absolute atomic E-state index is 11.8. The average Bonchev–Trinajstić information content (AvgIpc) is 3.32. The van der Waals surface area contributed by atoms with Gasteiger partial charge in [0.2, 0.25) is 6.79 Å². The highest BCUT2D eigenvalue weighted by Gasteiger charge is 2.66. The first-order chi connectivity index (χ1) is 14.6. The topological polar surface area (TPSA) is 78.4 Å². The molecule has 0 aromatic heterocycles. The van der Waals surface area contributed by atoms with Crippen molar-refractivity contribution < 1.29 is 28.8 Å². The van der Waals surface area contributed by atoms with E-state index in [2.05, 4.69) is 12.2 Å². The normalized spacial score (nSPS) is 28.4. The van der Waals surface area contributed by atoms with Crippen molar-refractivity contribution in [3.63, 3.8) is 0 Å². The Kier molecular flexibility index (Phi) is 4.39. The largest absolute Gasteiger partial charge is 0.493 e. The van der Waals surface area contributed by atoms with E-state index in [1.165, 1.54) is 0 Å². The van der Waals surface area contributed by atoms with E-state index in [-0.39, 0.29) is 6.79 Å². The molecule has 2 aliphatic heterocycles. The molecule has 0 fully saturated rings. The summed E-state index contributed by atoms with van der Waals surface area (Å²) in [7, 11) is 4.92. The van der Waals surface area contributed by atoms with Gasteiger partial charge in [0.25, 0.3) is 0 Å². The number of methoxy groups -OCH3 is 3. The summed E-state index contributed by atoms with van der Waals surface area (Å²) in [4.78, 5) is 0. The van der Waals surface area contributed by atoms with Crippen molar-refractivity contribution >= 4 is 0 Å². The maximum atomic E-state index is 11.8. The molecule has 2 heterocycles. The molecule has 1 spiro atoms. The first-order valence-corrected chi connectivity index (χ1v) is 10.2. The molecule has 0 bridgehead atoms. The molecule has 0 unspecified atom stereocenters. The third kappa shape index (κ3) is 2.15. The molecule has 1 aliphatic carbocycles. The molecule has 2 aromatic carbocycles. The number of nitrogens with one attached hydrogen (secondary N) is 1. The highest BCUT2D eigenvalue weighted by Crippen LogP contribution is 2.64. The fourth-order valence-electron chi connectivity index (χ4n) is 5.75. The monoisotopic (exact) mass is 413 g/mol. The zero-order valence-corrected chi connectivity index (χ0v) is 17.7. The summed E-state index contributed by atoms with van der Waals surface area (Å²) in [6, 6.07) is 7.76. The Labute approximate surface area is 175 Å². The third-order valence-corrected chi connectivity index (χ3v) is 6.99. The van der Waals surface area contributed by atoms with Gasteiger partial charge < -0.3 is 34.1 Å². The second-order valence-electron chi connectivity index (χ2n) is 7.90. The van der Waals surface area contributed by atoms with E-state index in [1.807, 2.05) is 24.3 Å². The summed E-state index contributed by atoms with van der Waals surface area (Å²) in [6.45, 7) is 2.97. The van der Waals surface area contributed by atoms with Gasteiger partial charge >= 0.3 is 0 Å². The van der Waals surface area contributed by atoms with Crippen molar-refractivity contribution in [1.82, 2.24) is 5.32 Å². The predicted octanol–water partition coefficient (Wildman–Crippen LogP) is 2.77. The summed E-state index contributed by atoms with van der Waals surface area (Å²) in [5.74, 6) is 2.63. The first-order valence-electron chi connectivity index (χ1n) is 10.2. The van der Waals surface area contributed by atoms with Gasteiger partial charge in [-0.25, -0.2) is 0 Å². The zero-order valence-electron chi connectivity index (χ0n) is 17.7. The van der Waals surface area contributed by atoms with Crippen LogP contribution in [-0.2, 0) is 22.3 Å². The van der Waals surface area contributed by atoms with Crippen molar-refractivity contribution in [2.75, 3.05) is 34.7 Å². The van der Waals surface area contributed by atoms with Gasteiger partial charge in [0, 0.05) is 19.2 Å². The lowest BCUT2D eigenvalue weighted by molar-refractivity contribution is -0.130. The van der Waals surface area contributed by atoms with Crippen molar-refractivity contribution in [2.24, 2.45) is 0 Å². The van der Waals surface area contributed by atoms with Crippen LogP contribution < -0.4 is 24.3 Å². The van der Waals surface area contributed by atoms with Crippen LogP contribution in [0.15, 0.2) is 24.3 Å².